The first-order valence-electron chi connectivity index (χ1n) is 5.12. The minimum absolute atomic E-state index is 0.327. The molecule has 0 aromatic heterocycles. The molecule has 0 unspecified atom stereocenters. The first-order valence-corrected chi connectivity index (χ1v) is 5.12. The van der Waals surface area contributed by atoms with Crippen LogP contribution in [0.15, 0.2) is 24.3 Å². The second kappa shape index (κ2) is 4.01. The molecule has 0 saturated heterocycles. The molecule has 1 aliphatic heterocycles. The summed E-state index contributed by atoms with van der Waals surface area (Å²) in [6.07, 6.45) is 0. The highest BCUT2D eigenvalue weighted by atomic mass is 16.5. The molecule has 5 heteroatoms. The number of carbonyl (C=O) groups excluding carboxylic acids is 3. The zero-order valence-electron chi connectivity index (χ0n) is 9.47. The summed E-state index contributed by atoms with van der Waals surface area (Å²) in [7, 11) is 1.22. The summed E-state index contributed by atoms with van der Waals surface area (Å²) in [5, 5.41) is 0. The molecule has 88 valence electrons. The Labute approximate surface area is 98.0 Å². The molecule has 0 N–H and O–H groups in total. The molecule has 2 rings (SSSR count). The van der Waals surface area contributed by atoms with Gasteiger partial charge in [-0.25, -0.2) is 4.79 Å². The highest BCUT2D eigenvalue weighted by molar-refractivity contribution is 6.22. The standard InChI is InChI=1S/C12H11NO4/c1-7(12(16)17-2)13-10(14)8-5-3-4-6-9(8)11(13)15/h3-7H,1-2H3/t7-/m1/s1. The number of nitrogens with zero attached hydrogens (tertiary/aromatic N) is 1. The topological polar surface area (TPSA) is 63.7 Å². The Kier molecular flexibility index (Phi) is 2.67. The van der Waals surface area contributed by atoms with E-state index in [-0.39, 0.29) is 0 Å². The van der Waals surface area contributed by atoms with Gasteiger partial charge in [0.25, 0.3) is 11.8 Å². The monoisotopic (exact) mass is 233 g/mol. The maximum absolute atomic E-state index is 12.0. The molecule has 5 nitrogen and oxygen atoms in total. The number of esters is 1. The van der Waals surface area contributed by atoms with Crippen LogP contribution in [0.2, 0.25) is 0 Å². The Morgan fingerprint density at radius 1 is 1.18 bits per heavy atom. The number of benzene rings is 1. The third-order valence-electron chi connectivity index (χ3n) is 2.76. The molecule has 1 aromatic carbocycles. The average Bonchev–Trinajstić information content (AvgIpc) is 2.61. The lowest BCUT2D eigenvalue weighted by atomic mass is 10.1. The smallest absolute Gasteiger partial charge is 0.328 e. The van der Waals surface area contributed by atoms with Crippen LogP contribution < -0.4 is 0 Å². The van der Waals surface area contributed by atoms with Gasteiger partial charge in [-0.2, -0.15) is 0 Å². The summed E-state index contributed by atoms with van der Waals surface area (Å²) in [6, 6.07) is 5.58. The predicted octanol–water partition coefficient (Wildman–Crippen LogP) is 0.844. The van der Waals surface area contributed by atoms with Gasteiger partial charge in [0.2, 0.25) is 0 Å². The molecule has 1 atom stereocenters. The fourth-order valence-electron chi connectivity index (χ4n) is 1.84. The maximum Gasteiger partial charge on any atom is 0.328 e. The number of fused-ring (bicyclic) bond motifs is 1. The molecule has 0 fully saturated rings. The van der Waals surface area contributed by atoms with E-state index in [0.717, 1.165) is 4.90 Å². The number of ether oxygens (including phenoxy) is 1. The van der Waals surface area contributed by atoms with Gasteiger partial charge in [-0.1, -0.05) is 12.1 Å². The van der Waals surface area contributed by atoms with Crippen molar-refractivity contribution < 1.29 is 19.1 Å². The van der Waals surface area contributed by atoms with Crippen LogP contribution in [0.1, 0.15) is 27.6 Å². The van der Waals surface area contributed by atoms with E-state index in [4.69, 9.17) is 0 Å². The summed E-state index contributed by atoms with van der Waals surface area (Å²) in [5.74, 6) is -1.52. The molecule has 1 aromatic rings. The van der Waals surface area contributed by atoms with Crippen molar-refractivity contribution in [2.75, 3.05) is 7.11 Å². The van der Waals surface area contributed by atoms with Gasteiger partial charge in [0.1, 0.15) is 6.04 Å². The zero-order valence-corrected chi connectivity index (χ0v) is 9.47. The van der Waals surface area contributed by atoms with Crippen molar-refractivity contribution in [1.29, 1.82) is 0 Å². The summed E-state index contributed by atoms with van der Waals surface area (Å²) in [6.45, 7) is 1.47. The molecular weight excluding hydrogens is 222 g/mol. The fourth-order valence-corrected chi connectivity index (χ4v) is 1.84. The van der Waals surface area contributed by atoms with E-state index in [9.17, 15) is 14.4 Å². The predicted molar refractivity (Wildman–Crippen MR) is 58.4 cm³/mol. The van der Waals surface area contributed by atoms with Crippen molar-refractivity contribution in [3.8, 4) is 0 Å². The normalized spacial score (nSPS) is 15.8. The molecule has 17 heavy (non-hydrogen) atoms. The summed E-state index contributed by atoms with van der Waals surface area (Å²) in [4.78, 5) is 36.2. The average molecular weight is 233 g/mol. The van der Waals surface area contributed by atoms with Crippen LogP contribution in [-0.4, -0.2) is 35.8 Å². The van der Waals surface area contributed by atoms with E-state index in [1.165, 1.54) is 14.0 Å². The Morgan fingerprint density at radius 2 is 1.65 bits per heavy atom. The molecule has 2 amide bonds. The van der Waals surface area contributed by atoms with E-state index in [1.807, 2.05) is 0 Å². The third-order valence-corrected chi connectivity index (χ3v) is 2.76. The summed E-state index contributed by atoms with van der Waals surface area (Å²) in [5.41, 5.74) is 0.654. The number of hydrogen-bond acceptors (Lipinski definition) is 4. The van der Waals surface area contributed by atoms with E-state index in [0.29, 0.717) is 11.1 Å². The van der Waals surface area contributed by atoms with Gasteiger partial charge in [-0.3, -0.25) is 14.5 Å². The second-order valence-electron chi connectivity index (χ2n) is 3.73. The van der Waals surface area contributed by atoms with Gasteiger partial charge in [0, 0.05) is 0 Å². The van der Waals surface area contributed by atoms with E-state index in [1.54, 1.807) is 24.3 Å². The largest absolute Gasteiger partial charge is 0.467 e. The SMILES string of the molecule is COC(=O)[C@@H](C)N1C(=O)c2ccccc2C1=O. The lowest BCUT2D eigenvalue weighted by Crippen LogP contribution is -2.43. The lowest BCUT2D eigenvalue weighted by Gasteiger charge is -2.19. The Hall–Kier alpha value is -2.17. The van der Waals surface area contributed by atoms with Gasteiger partial charge < -0.3 is 4.74 Å². The van der Waals surface area contributed by atoms with Crippen LogP contribution in [0.25, 0.3) is 0 Å². The molecule has 0 spiro atoms. The molecular formula is C12H11NO4. The molecule has 0 bridgehead atoms. The van der Waals surface area contributed by atoms with Gasteiger partial charge in [0.05, 0.1) is 18.2 Å². The summed E-state index contributed by atoms with van der Waals surface area (Å²) >= 11 is 0. The minimum atomic E-state index is -0.910. The Bertz CT molecular complexity index is 474. The summed E-state index contributed by atoms with van der Waals surface area (Å²) < 4.78 is 4.53. The van der Waals surface area contributed by atoms with Crippen molar-refractivity contribution >= 4 is 17.8 Å². The van der Waals surface area contributed by atoms with Crippen LogP contribution in [0.4, 0.5) is 0 Å². The van der Waals surface area contributed by atoms with Gasteiger partial charge in [-0.05, 0) is 19.1 Å². The van der Waals surface area contributed by atoms with Crippen LogP contribution in [0.5, 0.6) is 0 Å². The Balaban J connectivity index is 2.40. The van der Waals surface area contributed by atoms with E-state index in [2.05, 4.69) is 4.74 Å². The minimum Gasteiger partial charge on any atom is -0.467 e. The van der Waals surface area contributed by atoms with Crippen molar-refractivity contribution in [3.05, 3.63) is 35.4 Å². The van der Waals surface area contributed by atoms with E-state index >= 15 is 0 Å². The highest BCUT2D eigenvalue weighted by Crippen LogP contribution is 2.24. The molecule has 1 aliphatic rings. The van der Waals surface area contributed by atoms with Crippen molar-refractivity contribution in [1.82, 2.24) is 4.90 Å². The van der Waals surface area contributed by atoms with Gasteiger partial charge in [-0.15, -0.1) is 0 Å². The van der Waals surface area contributed by atoms with Crippen molar-refractivity contribution in [2.45, 2.75) is 13.0 Å². The van der Waals surface area contributed by atoms with Crippen LogP contribution >= 0.6 is 0 Å². The number of rotatable bonds is 2. The fraction of sp³-hybridized carbons (Fsp3) is 0.250. The highest BCUT2D eigenvalue weighted by Gasteiger charge is 2.40. The van der Waals surface area contributed by atoms with E-state index < -0.39 is 23.8 Å². The molecule has 0 saturated carbocycles. The van der Waals surface area contributed by atoms with Crippen molar-refractivity contribution in [3.63, 3.8) is 0 Å². The lowest BCUT2D eigenvalue weighted by molar-refractivity contribution is -0.144. The number of methoxy groups -OCH3 is 1. The quantitative estimate of drug-likeness (QED) is 0.561. The second-order valence-corrected chi connectivity index (χ2v) is 3.73. The number of hydrogen-bond donors (Lipinski definition) is 0. The first kappa shape index (κ1) is 11.3. The van der Waals surface area contributed by atoms with Crippen LogP contribution in [0.3, 0.4) is 0 Å². The van der Waals surface area contributed by atoms with Gasteiger partial charge >= 0.3 is 5.97 Å². The Morgan fingerprint density at radius 3 is 2.06 bits per heavy atom. The zero-order chi connectivity index (χ0) is 12.6. The number of carbonyl (C=O) groups is 3. The molecule has 0 aliphatic carbocycles. The van der Waals surface area contributed by atoms with Crippen LogP contribution in [0, 0.1) is 0 Å². The first-order chi connectivity index (χ1) is 8.07. The molecule has 1 heterocycles. The van der Waals surface area contributed by atoms with Crippen molar-refractivity contribution in [2.24, 2.45) is 0 Å². The van der Waals surface area contributed by atoms with Crippen LogP contribution in [-0.2, 0) is 9.53 Å². The number of amides is 2. The maximum atomic E-state index is 12.0. The van der Waals surface area contributed by atoms with Gasteiger partial charge in [0.15, 0.2) is 0 Å². The third kappa shape index (κ3) is 1.60. The molecule has 0 radical (unpaired) electrons. The number of imide groups is 1.